The van der Waals surface area contributed by atoms with Crippen molar-refractivity contribution >= 4 is 11.6 Å². The van der Waals surface area contributed by atoms with Crippen LogP contribution in [0.5, 0.6) is 17.2 Å². The molecule has 1 unspecified atom stereocenters. The molecule has 0 amide bonds. The van der Waals surface area contributed by atoms with Crippen molar-refractivity contribution in [3.8, 4) is 17.2 Å². The molecule has 0 spiro atoms. The van der Waals surface area contributed by atoms with Crippen LogP contribution in [0.15, 0.2) is 30.3 Å². The molecule has 6 heteroatoms. The molecule has 0 heterocycles. The number of methoxy groups -OCH3 is 3. The first kappa shape index (κ1) is 25.7. The summed E-state index contributed by atoms with van der Waals surface area (Å²) in [6, 6.07) is 10.6. The van der Waals surface area contributed by atoms with Gasteiger partial charge in [-0.25, -0.2) is 5.01 Å². The summed E-state index contributed by atoms with van der Waals surface area (Å²) in [4.78, 5) is 0. The fourth-order valence-electron chi connectivity index (χ4n) is 4.76. The van der Waals surface area contributed by atoms with Gasteiger partial charge < -0.3 is 14.2 Å². The molecule has 5 nitrogen and oxygen atoms in total. The fraction of sp³-hybridized carbons (Fsp3) is 0.556. The summed E-state index contributed by atoms with van der Waals surface area (Å²) in [5, 5.41) is 3.20. The van der Waals surface area contributed by atoms with Gasteiger partial charge in [0, 0.05) is 29.7 Å². The summed E-state index contributed by atoms with van der Waals surface area (Å²) in [5.74, 6) is 2.52. The summed E-state index contributed by atoms with van der Waals surface area (Å²) in [6.45, 7) is 4.19. The van der Waals surface area contributed by atoms with Crippen LogP contribution in [0.4, 0.5) is 0 Å². The second kappa shape index (κ2) is 13.1. The third-order valence-electron chi connectivity index (χ3n) is 6.52. The first-order valence-electron chi connectivity index (χ1n) is 12.2. The summed E-state index contributed by atoms with van der Waals surface area (Å²) < 4.78 is 16.6. The summed E-state index contributed by atoms with van der Waals surface area (Å²) in [6.07, 6.45) is 9.04. The van der Waals surface area contributed by atoms with E-state index >= 15 is 0 Å². The molecule has 0 fully saturated rings. The Balaban J connectivity index is 1.67. The number of nitrogens with one attached hydrogen (secondary N) is 1. The monoisotopic (exact) mass is 474 g/mol. The fourth-order valence-corrected chi connectivity index (χ4v) is 5.00. The number of nitrogens with zero attached hydrogens (tertiary/aromatic N) is 1. The number of hydrazine groups is 1. The highest BCUT2D eigenvalue weighted by molar-refractivity contribution is 6.30. The lowest BCUT2D eigenvalue weighted by atomic mass is 9.87. The topological polar surface area (TPSA) is 43.0 Å². The number of halogens is 1. The molecule has 3 rings (SSSR count). The van der Waals surface area contributed by atoms with Crippen LogP contribution in [-0.4, -0.2) is 45.5 Å². The Hall–Kier alpha value is -1.95. The minimum absolute atomic E-state index is 0.464. The molecule has 1 aliphatic rings. The highest BCUT2D eigenvalue weighted by atomic mass is 35.5. The van der Waals surface area contributed by atoms with Gasteiger partial charge in [-0.3, -0.25) is 5.43 Å². The van der Waals surface area contributed by atoms with Crippen molar-refractivity contribution in [1.82, 2.24) is 10.4 Å². The van der Waals surface area contributed by atoms with Gasteiger partial charge in [0.05, 0.1) is 21.3 Å². The van der Waals surface area contributed by atoms with Crippen LogP contribution in [-0.2, 0) is 19.3 Å². The van der Waals surface area contributed by atoms with E-state index in [0.29, 0.717) is 11.1 Å². The smallest absolute Gasteiger partial charge is 0.164 e. The molecule has 0 radical (unpaired) electrons. The molecule has 33 heavy (non-hydrogen) atoms. The predicted octanol–water partition coefficient (Wildman–Crippen LogP) is 5.85. The van der Waals surface area contributed by atoms with Gasteiger partial charge in [-0.1, -0.05) is 43.9 Å². The van der Waals surface area contributed by atoms with E-state index in [1.807, 2.05) is 18.2 Å². The number of ether oxygens (including phenoxy) is 3. The number of unbranched alkanes of at least 4 members (excludes halogenated alkanes) is 3. The maximum absolute atomic E-state index is 6.25. The second-order valence-electron chi connectivity index (χ2n) is 8.75. The maximum Gasteiger partial charge on any atom is 0.164 e. The lowest BCUT2D eigenvalue weighted by molar-refractivity contribution is 0.109. The standard InChI is InChI=1S/C27H39ClN2O3/c1-5-6-7-8-15-30(29-14-13-20-16-22(28)19-24(17-20)31-2)23-10-11-25-21(18-23)9-12-26(32-3)27(25)33-4/h9,12,16-17,19,23,29H,5-8,10-11,13-15,18H2,1-4H3. The van der Waals surface area contributed by atoms with Crippen molar-refractivity contribution in [1.29, 1.82) is 0 Å². The third kappa shape index (κ3) is 7.02. The minimum Gasteiger partial charge on any atom is -0.497 e. The van der Waals surface area contributed by atoms with E-state index in [4.69, 9.17) is 25.8 Å². The van der Waals surface area contributed by atoms with Gasteiger partial charge in [-0.15, -0.1) is 0 Å². The SMILES string of the molecule is CCCCCCN(NCCc1cc(Cl)cc(OC)c1)C1CCc2c(ccc(OC)c2OC)C1. The van der Waals surface area contributed by atoms with Gasteiger partial charge in [-0.2, -0.15) is 0 Å². The Kier molecular flexibility index (Phi) is 10.2. The van der Waals surface area contributed by atoms with E-state index in [-0.39, 0.29) is 0 Å². The largest absolute Gasteiger partial charge is 0.497 e. The number of benzene rings is 2. The van der Waals surface area contributed by atoms with Gasteiger partial charge in [-0.05, 0) is 67.5 Å². The molecule has 0 saturated heterocycles. The Labute approximate surface area is 204 Å². The van der Waals surface area contributed by atoms with Crippen LogP contribution in [0.1, 0.15) is 55.7 Å². The molecule has 0 aliphatic heterocycles. The molecule has 1 atom stereocenters. The zero-order valence-corrected chi connectivity index (χ0v) is 21.3. The van der Waals surface area contributed by atoms with Crippen LogP contribution in [0, 0.1) is 0 Å². The zero-order valence-electron chi connectivity index (χ0n) is 20.6. The lowest BCUT2D eigenvalue weighted by Crippen LogP contribution is -2.49. The molecule has 182 valence electrons. The van der Waals surface area contributed by atoms with E-state index in [0.717, 1.165) is 56.0 Å². The summed E-state index contributed by atoms with van der Waals surface area (Å²) in [7, 11) is 5.11. The normalized spacial score (nSPS) is 15.4. The Morgan fingerprint density at radius 2 is 1.88 bits per heavy atom. The van der Waals surface area contributed by atoms with Crippen molar-refractivity contribution in [3.05, 3.63) is 52.0 Å². The number of rotatable bonds is 13. The first-order chi connectivity index (χ1) is 16.1. The van der Waals surface area contributed by atoms with Crippen LogP contribution in [0.3, 0.4) is 0 Å². The van der Waals surface area contributed by atoms with Gasteiger partial charge in [0.1, 0.15) is 5.75 Å². The third-order valence-corrected chi connectivity index (χ3v) is 6.74. The van der Waals surface area contributed by atoms with Gasteiger partial charge in [0.25, 0.3) is 0 Å². The average molecular weight is 475 g/mol. The highest BCUT2D eigenvalue weighted by Crippen LogP contribution is 2.38. The van der Waals surface area contributed by atoms with Gasteiger partial charge in [0.2, 0.25) is 0 Å². The highest BCUT2D eigenvalue weighted by Gasteiger charge is 2.27. The van der Waals surface area contributed by atoms with E-state index in [1.165, 1.54) is 42.4 Å². The quantitative estimate of drug-likeness (QED) is 0.291. The van der Waals surface area contributed by atoms with Crippen molar-refractivity contribution in [2.24, 2.45) is 0 Å². The van der Waals surface area contributed by atoms with Gasteiger partial charge in [0.15, 0.2) is 11.5 Å². The molecule has 1 N–H and O–H groups in total. The van der Waals surface area contributed by atoms with E-state index in [9.17, 15) is 0 Å². The molecule has 1 aliphatic carbocycles. The minimum atomic E-state index is 0.464. The van der Waals surface area contributed by atoms with E-state index in [2.05, 4.69) is 29.5 Å². The first-order valence-corrected chi connectivity index (χ1v) is 12.5. The zero-order chi connectivity index (χ0) is 23.6. The van der Waals surface area contributed by atoms with Crippen LogP contribution in [0.25, 0.3) is 0 Å². The lowest BCUT2D eigenvalue weighted by Gasteiger charge is -2.36. The van der Waals surface area contributed by atoms with E-state index in [1.54, 1.807) is 21.3 Å². The molecular weight excluding hydrogens is 436 g/mol. The van der Waals surface area contributed by atoms with Crippen molar-refractivity contribution in [2.75, 3.05) is 34.4 Å². The van der Waals surface area contributed by atoms with E-state index < -0.39 is 0 Å². The second-order valence-corrected chi connectivity index (χ2v) is 9.18. The van der Waals surface area contributed by atoms with Crippen LogP contribution in [0.2, 0.25) is 5.02 Å². The predicted molar refractivity (Wildman–Crippen MR) is 136 cm³/mol. The molecule has 0 saturated carbocycles. The summed E-state index contributed by atoms with van der Waals surface area (Å²) >= 11 is 6.25. The number of hydrogen-bond donors (Lipinski definition) is 1. The maximum atomic E-state index is 6.25. The van der Waals surface area contributed by atoms with Gasteiger partial charge >= 0.3 is 0 Å². The Morgan fingerprint density at radius 1 is 1.03 bits per heavy atom. The molecule has 0 bridgehead atoms. The van der Waals surface area contributed by atoms with Crippen molar-refractivity contribution < 1.29 is 14.2 Å². The van der Waals surface area contributed by atoms with Crippen LogP contribution < -0.4 is 19.6 Å². The summed E-state index contributed by atoms with van der Waals surface area (Å²) in [5.41, 5.74) is 7.59. The molecular formula is C27H39ClN2O3. The van der Waals surface area contributed by atoms with Crippen molar-refractivity contribution in [3.63, 3.8) is 0 Å². The number of fused-ring (bicyclic) bond motifs is 1. The Morgan fingerprint density at radius 3 is 2.61 bits per heavy atom. The number of hydrogen-bond acceptors (Lipinski definition) is 5. The van der Waals surface area contributed by atoms with Crippen LogP contribution >= 0.6 is 11.6 Å². The Bertz CT molecular complexity index is 890. The molecule has 2 aromatic rings. The van der Waals surface area contributed by atoms with Crippen molar-refractivity contribution in [2.45, 2.75) is 64.3 Å². The average Bonchev–Trinajstić information content (AvgIpc) is 2.83. The molecule has 2 aromatic carbocycles. The molecule has 0 aromatic heterocycles.